The summed E-state index contributed by atoms with van der Waals surface area (Å²) in [5.74, 6) is 5.68. The van der Waals surface area contributed by atoms with E-state index in [4.69, 9.17) is 5.84 Å². The van der Waals surface area contributed by atoms with Gasteiger partial charge in [-0.2, -0.15) is 0 Å². The van der Waals surface area contributed by atoms with Gasteiger partial charge in [0.15, 0.2) is 0 Å². The summed E-state index contributed by atoms with van der Waals surface area (Å²) in [5.41, 5.74) is 2.55. The molecule has 1 aromatic carbocycles. The van der Waals surface area contributed by atoms with Gasteiger partial charge < -0.3 is 5.01 Å². The minimum atomic E-state index is 0. The molecule has 0 radical (unpaired) electrons. The molecule has 1 aromatic rings. The molecule has 1 aliphatic rings. The lowest BCUT2D eigenvalue weighted by atomic mass is 10.2. The maximum absolute atomic E-state index is 5.68. The summed E-state index contributed by atoms with van der Waals surface area (Å²) >= 11 is 0. The van der Waals surface area contributed by atoms with Crippen LogP contribution in [0.2, 0.25) is 0 Å². The highest BCUT2D eigenvalue weighted by Crippen LogP contribution is 2.23. The predicted octanol–water partition coefficient (Wildman–Crippen LogP) is 1.34. The standard InChI is InChI=1S/C8H10N2.ClH/c9-10-6-5-7-3-1-2-4-8(7)10;/h1-4H,5-6,9H2;1H. The van der Waals surface area contributed by atoms with Gasteiger partial charge in [-0.1, -0.05) is 18.2 Å². The normalized spacial score (nSPS) is 14.1. The molecule has 1 heterocycles. The Kier molecular flexibility index (Phi) is 2.37. The summed E-state index contributed by atoms with van der Waals surface area (Å²) in [6.45, 7) is 0.958. The van der Waals surface area contributed by atoms with Gasteiger partial charge >= 0.3 is 0 Å². The average Bonchev–Trinajstić information content (AvgIpc) is 2.34. The molecule has 0 atom stereocenters. The minimum absolute atomic E-state index is 0. The van der Waals surface area contributed by atoms with Gasteiger partial charge in [-0.25, -0.2) is 5.84 Å². The molecule has 0 fully saturated rings. The molecule has 2 N–H and O–H groups in total. The van der Waals surface area contributed by atoms with Crippen molar-refractivity contribution in [3.05, 3.63) is 29.8 Å². The first kappa shape index (κ1) is 8.37. The zero-order valence-corrected chi connectivity index (χ0v) is 6.97. The van der Waals surface area contributed by atoms with Crippen molar-refractivity contribution in [2.24, 2.45) is 5.84 Å². The topological polar surface area (TPSA) is 29.3 Å². The van der Waals surface area contributed by atoms with E-state index in [0.29, 0.717) is 0 Å². The Balaban J connectivity index is 0.000000605. The first-order valence-electron chi connectivity index (χ1n) is 3.48. The van der Waals surface area contributed by atoms with Crippen LogP contribution in [0, 0.1) is 0 Å². The van der Waals surface area contributed by atoms with Crippen molar-refractivity contribution < 1.29 is 0 Å². The third-order valence-electron chi connectivity index (χ3n) is 1.92. The molecule has 0 saturated carbocycles. The predicted molar refractivity (Wildman–Crippen MR) is 48.9 cm³/mol. The van der Waals surface area contributed by atoms with Crippen molar-refractivity contribution in [1.82, 2.24) is 0 Å². The lowest BCUT2D eigenvalue weighted by molar-refractivity contribution is 0.891. The van der Waals surface area contributed by atoms with Gasteiger partial charge in [0, 0.05) is 6.54 Å². The number of benzene rings is 1. The van der Waals surface area contributed by atoms with Gasteiger partial charge in [0.2, 0.25) is 0 Å². The van der Waals surface area contributed by atoms with E-state index in [1.807, 2.05) is 6.07 Å². The second-order valence-electron chi connectivity index (χ2n) is 2.57. The molecular formula is C8H11ClN2. The molecule has 0 spiro atoms. The van der Waals surface area contributed by atoms with Crippen LogP contribution in [-0.4, -0.2) is 6.54 Å². The number of hydrazine groups is 1. The molecule has 2 nitrogen and oxygen atoms in total. The van der Waals surface area contributed by atoms with E-state index in [1.165, 1.54) is 11.3 Å². The van der Waals surface area contributed by atoms with Crippen LogP contribution in [0.4, 0.5) is 5.69 Å². The molecular weight excluding hydrogens is 160 g/mol. The van der Waals surface area contributed by atoms with Crippen LogP contribution in [0.25, 0.3) is 0 Å². The number of hydrogen-bond donors (Lipinski definition) is 1. The largest absolute Gasteiger partial charge is 0.310 e. The minimum Gasteiger partial charge on any atom is -0.310 e. The molecule has 1 aliphatic heterocycles. The first-order chi connectivity index (χ1) is 4.88. The molecule has 0 saturated heterocycles. The smallest absolute Gasteiger partial charge is 0.0549 e. The zero-order valence-electron chi connectivity index (χ0n) is 6.16. The molecule has 0 aromatic heterocycles. The third-order valence-corrected chi connectivity index (χ3v) is 1.92. The molecule has 11 heavy (non-hydrogen) atoms. The molecule has 3 heteroatoms. The highest BCUT2D eigenvalue weighted by atomic mass is 35.5. The van der Waals surface area contributed by atoms with Gasteiger partial charge in [0.05, 0.1) is 5.69 Å². The number of nitrogens with zero attached hydrogens (tertiary/aromatic N) is 1. The number of anilines is 1. The van der Waals surface area contributed by atoms with Crippen LogP contribution in [0.1, 0.15) is 5.56 Å². The number of rotatable bonds is 0. The monoisotopic (exact) mass is 170 g/mol. The Bertz CT molecular complexity index is 250. The van der Waals surface area contributed by atoms with Gasteiger partial charge in [-0.3, -0.25) is 0 Å². The van der Waals surface area contributed by atoms with Gasteiger partial charge in [-0.15, -0.1) is 12.4 Å². The van der Waals surface area contributed by atoms with Gasteiger partial charge in [0.25, 0.3) is 0 Å². The Labute approximate surface area is 72.4 Å². The fourth-order valence-corrected chi connectivity index (χ4v) is 1.36. The third kappa shape index (κ3) is 1.32. The summed E-state index contributed by atoms with van der Waals surface area (Å²) < 4.78 is 0. The van der Waals surface area contributed by atoms with E-state index in [-0.39, 0.29) is 12.4 Å². The number of para-hydroxylation sites is 1. The van der Waals surface area contributed by atoms with Crippen molar-refractivity contribution in [2.45, 2.75) is 6.42 Å². The van der Waals surface area contributed by atoms with Crippen LogP contribution < -0.4 is 10.9 Å². The maximum atomic E-state index is 5.68. The van der Waals surface area contributed by atoms with Crippen LogP contribution in [0.3, 0.4) is 0 Å². The fourth-order valence-electron chi connectivity index (χ4n) is 1.36. The van der Waals surface area contributed by atoms with Gasteiger partial charge in [-0.05, 0) is 18.1 Å². The van der Waals surface area contributed by atoms with E-state index in [9.17, 15) is 0 Å². The Morgan fingerprint density at radius 3 is 2.73 bits per heavy atom. The Hall–Kier alpha value is -0.730. The number of nitrogens with two attached hydrogens (primary N) is 1. The fraction of sp³-hybridized carbons (Fsp3) is 0.250. The highest BCUT2D eigenvalue weighted by Gasteiger charge is 2.13. The molecule has 2 rings (SSSR count). The van der Waals surface area contributed by atoms with Crippen LogP contribution in [-0.2, 0) is 6.42 Å². The zero-order chi connectivity index (χ0) is 6.97. The summed E-state index contributed by atoms with van der Waals surface area (Å²) in [4.78, 5) is 0. The van der Waals surface area contributed by atoms with E-state index in [0.717, 1.165) is 13.0 Å². The second-order valence-corrected chi connectivity index (χ2v) is 2.57. The van der Waals surface area contributed by atoms with E-state index >= 15 is 0 Å². The SMILES string of the molecule is Cl.NN1CCc2ccccc21. The van der Waals surface area contributed by atoms with Crippen LogP contribution >= 0.6 is 12.4 Å². The Morgan fingerprint density at radius 1 is 1.27 bits per heavy atom. The summed E-state index contributed by atoms with van der Waals surface area (Å²) in [5, 5.41) is 1.80. The van der Waals surface area contributed by atoms with E-state index in [1.54, 1.807) is 5.01 Å². The van der Waals surface area contributed by atoms with Crippen molar-refractivity contribution in [2.75, 3.05) is 11.6 Å². The molecule has 60 valence electrons. The average molecular weight is 171 g/mol. The molecule has 0 aliphatic carbocycles. The van der Waals surface area contributed by atoms with Crippen molar-refractivity contribution in [3.8, 4) is 0 Å². The Morgan fingerprint density at radius 2 is 2.00 bits per heavy atom. The summed E-state index contributed by atoms with van der Waals surface area (Å²) in [6, 6.07) is 8.26. The van der Waals surface area contributed by atoms with Crippen LogP contribution in [0.15, 0.2) is 24.3 Å². The quantitative estimate of drug-likeness (QED) is 0.596. The first-order valence-corrected chi connectivity index (χ1v) is 3.48. The number of fused-ring (bicyclic) bond motifs is 1. The van der Waals surface area contributed by atoms with Crippen molar-refractivity contribution >= 4 is 18.1 Å². The number of halogens is 1. The van der Waals surface area contributed by atoms with Gasteiger partial charge in [0.1, 0.15) is 0 Å². The highest BCUT2D eigenvalue weighted by molar-refractivity contribution is 5.85. The molecule has 0 amide bonds. The number of hydrogen-bond acceptors (Lipinski definition) is 2. The summed E-state index contributed by atoms with van der Waals surface area (Å²) in [6.07, 6.45) is 1.09. The lowest BCUT2D eigenvalue weighted by Gasteiger charge is -2.09. The van der Waals surface area contributed by atoms with Crippen LogP contribution in [0.5, 0.6) is 0 Å². The molecule has 0 bridgehead atoms. The maximum Gasteiger partial charge on any atom is 0.0549 e. The van der Waals surface area contributed by atoms with Crippen molar-refractivity contribution in [3.63, 3.8) is 0 Å². The molecule has 0 unspecified atom stereocenters. The van der Waals surface area contributed by atoms with E-state index < -0.39 is 0 Å². The second kappa shape index (κ2) is 3.11. The van der Waals surface area contributed by atoms with Crippen molar-refractivity contribution in [1.29, 1.82) is 0 Å². The lowest BCUT2D eigenvalue weighted by Crippen LogP contribution is -2.27. The van der Waals surface area contributed by atoms with E-state index in [2.05, 4.69) is 18.2 Å². The summed E-state index contributed by atoms with van der Waals surface area (Å²) in [7, 11) is 0.